The minimum atomic E-state index is -0.672. The molecule has 0 saturated carbocycles. The molecule has 0 radical (unpaired) electrons. The predicted octanol–water partition coefficient (Wildman–Crippen LogP) is 2.12. The first kappa shape index (κ1) is 14.1. The third kappa shape index (κ3) is 2.93. The Morgan fingerprint density at radius 2 is 2.14 bits per heavy atom. The number of nitrogens with one attached hydrogen (secondary N) is 1. The lowest BCUT2D eigenvalue weighted by atomic mass is 10.0. The summed E-state index contributed by atoms with van der Waals surface area (Å²) < 4.78 is 10.0. The number of aryl methyl sites for hydroxylation is 1. The first-order valence-corrected chi connectivity index (χ1v) is 6.77. The van der Waals surface area contributed by atoms with Crippen LogP contribution in [0.4, 0.5) is 5.82 Å². The van der Waals surface area contributed by atoms with Crippen LogP contribution in [-0.2, 0) is 9.63 Å². The van der Waals surface area contributed by atoms with E-state index in [4.69, 9.17) is 14.1 Å². The zero-order valence-corrected chi connectivity index (χ0v) is 12.2. The number of hydrogen-bond donors (Lipinski definition) is 1. The number of methoxy groups -OCH3 is 1. The van der Waals surface area contributed by atoms with Crippen LogP contribution in [0.2, 0.25) is 0 Å². The molecule has 1 atom stereocenters. The van der Waals surface area contributed by atoms with Gasteiger partial charge in [0.15, 0.2) is 5.82 Å². The average molecular weight is 301 g/mol. The van der Waals surface area contributed by atoms with Crippen LogP contribution in [0.25, 0.3) is 0 Å². The molecule has 0 unspecified atom stereocenters. The van der Waals surface area contributed by atoms with Gasteiger partial charge in [0, 0.05) is 12.5 Å². The van der Waals surface area contributed by atoms with Gasteiger partial charge in [-0.25, -0.2) is 0 Å². The summed E-state index contributed by atoms with van der Waals surface area (Å²) in [5.74, 6) is 1.45. The van der Waals surface area contributed by atoms with Crippen LogP contribution in [0, 0.1) is 6.92 Å². The highest BCUT2D eigenvalue weighted by atomic mass is 16.6. The number of rotatable bonds is 4. The van der Waals surface area contributed by atoms with E-state index in [-0.39, 0.29) is 5.91 Å². The monoisotopic (exact) mass is 301 g/mol. The van der Waals surface area contributed by atoms with Gasteiger partial charge in [-0.15, -0.1) is 0 Å². The minimum absolute atomic E-state index is 0.305. The van der Waals surface area contributed by atoms with Crippen LogP contribution < -0.4 is 10.1 Å². The van der Waals surface area contributed by atoms with Crippen molar-refractivity contribution in [2.24, 2.45) is 5.16 Å². The molecule has 0 bridgehead atoms. The SMILES string of the molecule is COc1ccc(C2=NO[C@H](C(=O)Nc3cc(C)on3)C2)cc1. The fraction of sp³-hybridized carbons (Fsp3) is 0.267. The van der Waals surface area contributed by atoms with E-state index in [2.05, 4.69) is 15.6 Å². The number of ether oxygens (including phenoxy) is 1. The highest BCUT2D eigenvalue weighted by Crippen LogP contribution is 2.20. The number of oxime groups is 1. The maximum atomic E-state index is 12.1. The van der Waals surface area contributed by atoms with Gasteiger partial charge >= 0.3 is 0 Å². The fourth-order valence-electron chi connectivity index (χ4n) is 2.10. The number of benzene rings is 1. The van der Waals surface area contributed by atoms with Crippen molar-refractivity contribution in [1.29, 1.82) is 0 Å². The molecule has 1 aromatic heterocycles. The van der Waals surface area contributed by atoms with Gasteiger partial charge in [0.05, 0.1) is 12.8 Å². The van der Waals surface area contributed by atoms with Crippen LogP contribution in [0.15, 0.2) is 40.0 Å². The molecule has 1 aliphatic rings. The maximum Gasteiger partial charge on any atom is 0.269 e. The zero-order valence-electron chi connectivity index (χ0n) is 12.2. The number of hydrogen-bond acceptors (Lipinski definition) is 6. The summed E-state index contributed by atoms with van der Waals surface area (Å²) in [5.41, 5.74) is 1.62. The van der Waals surface area contributed by atoms with Crippen LogP contribution in [0.3, 0.4) is 0 Å². The highest BCUT2D eigenvalue weighted by molar-refractivity contribution is 6.06. The van der Waals surface area contributed by atoms with E-state index in [0.717, 1.165) is 17.0 Å². The Morgan fingerprint density at radius 3 is 2.77 bits per heavy atom. The van der Waals surface area contributed by atoms with E-state index in [1.807, 2.05) is 24.3 Å². The smallest absolute Gasteiger partial charge is 0.269 e. The summed E-state index contributed by atoms with van der Waals surface area (Å²) in [6.45, 7) is 1.75. The molecular formula is C15H15N3O4. The molecule has 3 rings (SSSR count). The van der Waals surface area contributed by atoms with Crippen molar-refractivity contribution in [3.8, 4) is 5.75 Å². The third-order valence-corrected chi connectivity index (χ3v) is 3.26. The van der Waals surface area contributed by atoms with Gasteiger partial charge in [-0.3, -0.25) is 4.79 Å². The van der Waals surface area contributed by atoms with Gasteiger partial charge in [0.2, 0.25) is 6.10 Å². The normalized spacial score (nSPS) is 16.8. The molecule has 114 valence electrons. The van der Waals surface area contributed by atoms with Crippen molar-refractivity contribution in [3.63, 3.8) is 0 Å². The second-order valence-corrected chi connectivity index (χ2v) is 4.88. The lowest BCUT2D eigenvalue weighted by molar-refractivity contribution is -0.125. The van der Waals surface area contributed by atoms with Gasteiger partial charge in [0.1, 0.15) is 11.5 Å². The van der Waals surface area contributed by atoms with E-state index in [1.54, 1.807) is 20.1 Å². The van der Waals surface area contributed by atoms with Gasteiger partial charge in [-0.1, -0.05) is 10.3 Å². The van der Waals surface area contributed by atoms with Crippen molar-refractivity contribution in [3.05, 3.63) is 41.7 Å². The van der Waals surface area contributed by atoms with Gasteiger partial charge in [-0.05, 0) is 36.8 Å². The lowest BCUT2D eigenvalue weighted by Crippen LogP contribution is -2.28. The topological polar surface area (TPSA) is 86.0 Å². The summed E-state index contributed by atoms with van der Waals surface area (Å²) >= 11 is 0. The molecule has 2 heterocycles. The van der Waals surface area contributed by atoms with Crippen molar-refractivity contribution in [2.45, 2.75) is 19.4 Å². The summed E-state index contributed by atoms with van der Waals surface area (Å²) in [4.78, 5) is 17.3. The van der Waals surface area contributed by atoms with Crippen LogP contribution >= 0.6 is 0 Å². The second-order valence-electron chi connectivity index (χ2n) is 4.88. The van der Waals surface area contributed by atoms with Gasteiger partial charge < -0.3 is 19.4 Å². The molecule has 22 heavy (non-hydrogen) atoms. The molecule has 1 aliphatic heterocycles. The molecule has 0 aliphatic carbocycles. The number of nitrogens with zero attached hydrogens (tertiary/aromatic N) is 2. The lowest BCUT2D eigenvalue weighted by Gasteiger charge is -2.06. The van der Waals surface area contributed by atoms with Gasteiger partial charge in [0.25, 0.3) is 5.91 Å². The number of anilines is 1. The molecule has 0 fully saturated rings. The Hall–Kier alpha value is -2.83. The summed E-state index contributed by atoms with van der Waals surface area (Å²) in [5, 5.41) is 10.3. The summed E-state index contributed by atoms with van der Waals surface area (Å²) in [6, 6.07) is 9.07. The maximum absolute atomic E-state index is 12.1. The van der Waals surface area contributed by atoms with Crippen LogP contribution in [0.1, 0.15) is 17.7 Å². The molecule has 7 heteroatoms. The molecule has 1 N–H and O–H groups in total. The number of amides is 1. The van der Waals surface area contributed by atoms with Crippen molar-refractivity contribution >= 4 is 17.4 Å². The van der Waals surface area contributed by atoms with Crippen LogP contribution in [-0.4, -0.2) is 30.0 Å². The summed E-state index contributed by atoms with van der Waals surface area (Å²) in [6.07, 6.45) is -0.274. The fourth-order valence-corrected chi connectivity index (χ4v) is 2.10. The quantitative estimate of drug-likeness (QED) is 0.934. The third-order valence-electron chi connectivity index (χ3n) is 3.26. The number of carbonyl (C=O) groups is 1. The van der Waals surface area contributed by atoms with Crippen molar-refractivity contribution in [1.82, 2.24) is 5.16 Å². The molecule has 7 nitrogen and oxygen atoms in total. The Labute approximate surface area is 126 Å². The first-order chi connectivity index (χ1) is 10.7. The van der Waals surface area contributed by atoms with Crippen molar-refractivity contribution in [2.75, 3.05) is 12.4 Å². The Morgan fingerprint density at radius 1 is 1.36 bits per heavy atom. The average Bonchev–Trinajstić information content (AvgIpc) is 3.17. The van der Waals surface area contributed by atoms with E-state index < -0.39 is 6.10 Å². The van der Waals surface area contributed by atoms with E-state index in [0.29, 0.717) is 18.0 Å². The number of carbonyl (C=O) groups excluding carboxylic acids is 1. The molecule has 1 amide bonds. The summed E-state index contributed by atoms with van der Waals surface area (Å²) in [7, 11) is 1.61. The molecule has 0 saturated heterocycles. The highest BCUT2D eigenvalue weighted by Gasteiger charge is 2.29. The van der Waals surface area contributed by atoms with Crippen LogP contribution in [0.5, 0.6) is 5.75 Å². The zero-order chi connectivity index (χ0) is 15.5. The van der Waals surface area contributed by atoms with E-state index in [9.17, 15) is 4.79 Å². The Bertz CT molecular complexity index is 706. The first-order valence-electron chi connectivity index (χ1n) is 6.77. The molecule has 1 aromatic carbocycles. The minimum Gasteiger partial charge on any atom is -0.497 e. The number of aromatic nitrogens is 1. The molecule has 2 aromatic rings. The largest absolute Gasteiger partial charge is 0.497 e. The Kier molecular flexibility index (Phi) is 3.78. The molecule has 0 spiro atoms. The standard InChI is InChI=1S/C15H15N3O4/c1-9-7-14(18-21-9)16-15(19)13-8-12(17-22-13)10-3-5-11(20-2)6-4-10/h3-7,13H,8H2,1-2H3,(H,16,18,19)/t13-/m0/s1. The predicted molar refractivity (Wildman–Crippen MR) is 78.9 cm³/mol. The van der Waals surface area contributed by atoms with Gasteiger partial charge in [-0.2, -0.15) is 0 Å². The molecular weight excluding hydrogens is 286 g/mol. The van der Waals surface area contributed by atoms with Crippen molar-refractivity contribution < 1.29 is 18.9 Å². The Balaban J connectivity index is 1.61. The van der Waals surface area contributed by atoms with E-state index in [1.165, 1.54) is 0 Å². The second kappa shape index (κ2) is 5.88. The van der Waals surface area contributed by atoms with E-state index >= 15 is 0 Å².